The van der Waals surface area contributed by atoms with E-state index in [-0.39, 0.29) is 15.5 Å². The van der Waals surface area contributed by atoms with Crippen molar-refractivity contribution >= 4 is 38.7 Å². The van der Waals surface area contributed by atoms with E-state index in [9.17, 15) is 13.2 Å². The van der Waals surface area contributed by atoms with Crippen LogP contribution in [0.15, 0.2) is 34.5 Å². The van der Waals surface area contributed by atoms with Crippen LogP contribution in [0.4, 0.5) is 11.4 Å². The van der Waals surface area contributed by atoms with E-state index in [0.29, 0.717) is 11.3 Å². The van der Waals surface area contributed by atoms with Gasteiger partial charge in [-0.15, -0.1) is 11.3 Å². The van der Waals surface area contributed by atoms with Crippen molar-refractivity contribution in [2.45, 2.75) is 11.8 Å². The van der Waals surface area contributed by atoms with E-state index in [1.165, 1.54) is 19.2 Å². The van der Waals surface area contributed by atoms with E-state index >= 15 is 0 Å². The molecule has 0 saturated heterocycles. The number of nitrogen functional groups attached to an aromatic ring is 1. The summed E-state index contributed by atoms with van der Waals surface area (Å²) in [6, 6.07) is 6.15. The maximum Gasteiger partial charge on any atom is 0.350 e. The molecular weight excluding hydrogens is 312 g/mol. The molecule has 0 spiro atoms. The minimum atomic E-state index is -3.83. The Kier molecular flexibility index (Phi) is 4.19. The van der Waals surface area contributed by atoms with E-state index in [1.807, 2.05) is 0 Å². The largest absolute Gasteiger partial charge is 0.465 e. The molecule has 1 aromatic heterocycles. The van der Waals surface area contributed by atoms with E-state index < -0.39 is 16.0 Å². The van der Waals surface area contributed by atoms with E-state index in [4.69, 9.17) is 5.73 Å². The summed E-state index contributed by atoms with van der Waals surface area (Å²) in [5.41, 5.74) is 6.76. The Morgan fingerprint density at radius 1 is 1.33 bits per heavy atom. The number of esters is 1. The van der Waals surface area contributed by atoms with Gasteiger partial charge in [0.25, 0.3) is 10.0 Å². The van der Waals surface area contributed by atoms with Gasteiger partial charge >= 0.3 is 5.97 Å². The summed E-state index contributed by atoms with van der Waals surface area (Å²) in [7, 11) is -2.59. The lowest BCUT2D eigenvalue weighted by atomic mass is 10.2. The number of rotatable bonds is 4. The van der Waals surface area contributed by atoms with Crippen LogP contribution in [0.3, 0.4) is 0 Å². The molecule has 1 heterocycles. The molecule has 3 N–H and O–H groups in total. The van der Waals surface area contributed by atoms with Gasteiger partial charge in [-0.25, -0.2) is 13.2 Å². The molecular formula is C13H14N2O4S2. The first-order valence-corrected chi connectivity index (χ1v) is 8.27. The molecule has 0 aliphatic carbocycles. The monoisotopic (exact) mass is 326 g/mol. The average molecular weight is 326 g/mol. The summed E-state index contributed by atoms with van der Waals surface area (Å²) >= 11 is 1.10. The fraction of sp³-hybridized carbons (Fsp3) is 0.154. The highest BCUT2D eigenvalue weighted by molar-refractivity contribution is 7.92. The minimum Gasteiger partial charge on any atom is -0.465 e. The van der Waals surface area contributed by atoms with Gasteiger partial charge < -0.3 is 10.5 Å². The van der Waals surface area contributed by atoms with E-state index in [0.717, 1.165) is 11.3 Å². The molecule has 2 aromatic rings. The van der Waals surface area contributed by atoms with Crippen molar-refractivity contribution in [1.29, 1.82) is 0 Å². The Morgan fingerprint density at radius 3 is 2.71 bits per heavy atom. The minimum absolute atomic E-state index is 0.0736. The van der Waals surface area contributed by atoms with Gasteiger partial charge in [0.2, 0.25) is 0 Å². The number of benzene rings is 1. The Bertz CT molecular complexity index is 781. The van der Waals surface area contributed by atoms with Gasteiger partial charge in [0.1, 0.15) is 4.88 Å². The molecule has 0 saturated carbocycles. The van der Waals surface area contributed by atoms with Crippen LogP contribution in [0, 0.1) is 6.92 Å². The first-order valence-electron chi connectivity index (χ1n) is 5.90. The fourth-order valence-electron chi connectivity index (χ4n) is 1.76. The number of nitrogens with two attached hydrogens (primary N) is 1. The standard InChI is InChI=1S/C13H14N2O4S2/c1-8-9(14)4-3-5-11(8)21(17,18)15-10-6-7-20-12(10)13(16)19-2/h3-7,15H,14H2,1-2H3. The normalized spacial score (nSPS) is 11.1. The summed E-state index contributed by atoms with van der Waals surface area (Å²) < 4.78 is 31.9. The van der Waals surface area contributed by atoms with Crippen LogP contribution in [-0.4, -0.2) is 21.5 Å². The molecule has 112 valence electrons. The second-order valence-corrected chi connectivity index (χ2v) is 6.80. The molecule has 0 atom stereocenters. The van der Waals surface area contributed by atoms with Crippen LogP contribution >= 0.6 is 11.3 Å². The molecule has 6 nitrogen and oxygen atoms in total. The van der Waals surface area contributed by atoms with Crippen molar-refractivity contribution < 1.29 is 17.9 Å². The SMILES string of the molecule is COC(=O)c1sccc1NS(=O)(=O)c1cccc(N)c1C. The van der Waals surface area contributed by atoms with Crippen LogP contribution in [0.25, 0.3) is 0 Å². The Balaban J connectivity index is 2.41. The third-order valence-electron chi connectivity index (χ3n) is 2.90. The molecule has 0 radical (unpaired) electrons. The van der Waals surface area contributed by atoms with Gasteiger partial charge in [0.05, 0.1) is 17.7 Å². The van der Waals surface area contributed by atoms with Crippen LogP contribution in [0.1, 0.15) is 15.2 Å². The highest BCUT2D eigenvalue weighted by Crippen LogP contribution is 2.28. The number of carbonyl (C=O) groups is 1. The summed E-state index contributed by atoms with van der Waals surface area (Å²) in [5.74, 6) is -0.591. The zero-order chi connectivity index (χ0) is 15.6. The van der Waals surface area contributed by atoms with Crippen molar-refractivity contribution in [2.24, 2.45) is 0 Å². The first-order chi connectivity index (χ1) is 9.86. The van der Waals surface area contributed by atoms with Crippen LogP contribution in [-0.2, 0) is 14.8 Å². The second-order valence-electron chi connectivity index (χ2n) is 4.23. The number of sulfonamides is 1. The number of thiophene rings is 1. The first kappa shape index (κ1) is 15.3. The van der Waals surface area contributed by atoms with Crippen LogP contribution in [0.5, 0.6) is 0 Å². The van der Waals surface area contributed by atoms with Gasteiger partial charge in [0.15, 0.2) is 0 Å². The predicted octanol–water partition coefficient (Wildman–Crippen LogP) is 2.23. The van der Waals surface area contributed by atoms with E-state index in [2.05, 4.69) is 9.46 Å². The average Bonchev–Trinajstić information content (AvgIpc) is 2.88. The van der Waals surface area contributed by atoms with Crippen molar-refractivity contribution in [1.82, 2.24) is 0 Å². The van der Waals surface area contributed by atoms with Gasteiger partial charge in [-0.05, 0) is 36.1 Å². The molecule has 0 amide bonds. The van der Waals surface area contributed by atoms with Crippen LogP contribution in [0.2, 0.25) is 0 Å². The summed E-state index contributed by atoms with van der Waals surface area (Å²) in [6.45, 7) is 1.62. The molecule has 21 heavy (non-hydrogen) atoms. The van der Waals surface area contributed by atoms with Crippen molar-refractivity contribution in [3.63, 3.8) is 0 Å². The number of hydrogen-bond donors (Lipinski definition) is 2. The smallest absolute Gasteiger partial charge is 0.350 e. The maximum atomic E-state index is 12.4. The lowest BCUT2D eigenvalue weighted by Gasteiger charge is -2.11. The molecule has 8 heteroatoms. The Labute approximate surface area is 126 Å². The fourth-order valence-corrected chi connectivity index (χ4v) is 3.94. The summed E-state index contributed by atoms with van der Waals surface area (Å²) in [5, 5.41) is 1.61. The van der Waals surface area contributed by atoms with E-state index in [1.54, 1.807) is 24.4 Å². The molecule has 0 aliphatic heterocycles. The lowest BCUT2D eigenvalue weighted by Crippen LogP contribution is -2.16. The van der Waals surface area contributed by atoms with Crippen molar-refractivity contribution in [3.05, 3.63) is 40.1 Å². The predicted molar refractivity (Wildman–Crippen MR) is 82.1 cm³/mol. The van der Waals surface area contributed by atoms with Gasteiger partial charge in [0, 0.05) is 5.69 Å². The molecule has 0 fully saturated rings. The lowest BCUT2D eigenvalue weighted by molar-refractivity contribution is 0.0607. The molecule has 0 unspecified atom stereocenters. The quantitative estimate of drug-likeness (QED) is 0.663. The van der Waals surface area contributed by atoms with Gasteiger partial charge in [-0.2, -0.15) is 0 Å². The number of hydrogen-bond acceptors (Lipinski definition) is 6. The van der Waals surface area contributed by atoms with Gasteiger partial charge in [-0.3, -0.25) is 4.72 Å². The zero-order valence-corrected chi connectivity index (χ0v) is 13.0. The number of ether oxygens (including phenoxy) is 1. The third-order valence-corrected chi connectivity index (χ3v) is 5.30. The number of methoxy groups -OCH3 is 1. The molecule has 2 rings (SSSR count). The van der Waals surface area contributed by atoms with Gasteiger partial charge in [-0.1, -0.05) is 6.07 Å². The highest BCUT2D eigenvalue weighted by Gasteiger charge is 2.22. The Morgan fingerprint density at radius 2 is 2.05 bits per heavy atom. The second kappa shape index (κ2) is 5.74. The zero-order valence-electron chi connectivity index (χ0n) is 11.4. The third kappa shape index (κ3) is 3.01. The summed E-state index contributed by atoms with van der Waals surface area (Å²) in [6.07, 6.45) is 0. The van der Waals surface area contributed by atoms with Crippen molar-refractivity contribution in [3.8, 4) is 0 Å². The number of anilines is 2. The summed E-state index contributed by atoms with van der Waals surface area (Å²) in [4.78, 5) is 11.8. The molecule has 1 aromatic carbocycles. The van der Waals surface area contributed by atoms with Crippen molar-refractivity contribution in [2.75, 3.05) is 17.6 Å². The topological polar surface area (TPSA) is 98.5 Å². The number of nitrogens with one attached hydrogen (secondary N) is 1. The highest BCUT2D eigenvalue weighted by atomic mass is 32.2. The number of carbonyl (C=O) groups excluding carboxylic acids is 1. The van der Waals surface area contributed by atoms with Crippen LogP contribution < -0.4 is 10.5 Å². The molecule has 0 bridgehead atoms. The maximum absolute atomic E-state index is 12.4. The molecule has 0 aliphatic rings. The Hall–Kier alpha value is -2.06.